The Labute approximate surface area is 95.7 Å². The van der Waals surface area contributed by atoms with E-state index in [4.69, 9.17) is 4.74 Å². The molecule has 0 aromatic heterocycles. The van der Waals surface area contributed by atoms with Crippen LogP contribution in [0.25, 0.3) is 0 Å². The summed E-state index contributed by atoms with van der Waals surface area (Å²) in [7, 11) is 1.53. The first-order valence-corrected chi connectivity index (χ1v) is 5.17. The van der Waals surface area contributed by atoms with Gasteiger partial charge in [0.1, 0.15) is 5.82 Å². The molecule has 0 aliphatic carbocycles. The molecule has 1 N–H and O–H groups in total. The molecule has 0 unspecified atom stereocenters. The molecule has 3 nitrogen and oxygen atoms in total. The molecule has 1 aromatic rings. The molecule has 0 saturated carbocycles. The second-order valence-electron chi connectivity index (χ2n) is 2.85. The summed E-state index contributed by atoms with van der Waals surface area (Å²) < 4.78 is 18.5. The van der Waals surface area contributed by atoms with Gasteiger partial charge in [-0.15, -0.1) is 0 Å². The lowest BCUT2D eigenvalue weighted by molar-refractivity contribution is 0.0932. The number of amides is 1. The number of hydrogen-bond acceptors (Lipinski definition) is 2. The van der Waals surface area contributed by atoms with E-state index in [-0.39, 0.29) is 5.56 Å². The van der Waals surface area contributed by atoms with E-state index in [0.717, 1.165) is 0 Å². The van der Waals surface area contributed by atoms with Crippen molar-refractivity contribution in [3.63, 3.8) is 0 Å². The molecule has 0 atom stereocenters. The fraction of sp³-hybridized carbons (Fsp3) is 0.300. The zero-order valence-corrected chi connectivity index (χ0v) is 9.80. The number of benzene rings is 1. The molecule has 0 saturated heterocycles. The van der Waals surface area contributed by atoms with Crippen molar-refractivity contribution in [3.8, 4) is 0 Å². The van der Waals surface area contributed by atoms with E-state index in [1.165, 1.54) is 19.2 Å². The highest BCUT2D eigenvalue weighted by Crippen LogP contribution is 2.19. The Bertz CT molecular complexity index is 337. The highest BCUT2D eigenvalue weighted by atomic mass is 79.9. The van der Waals surface area contributed by atoms with Crippen LogP contribution in [0.4, 0.5) is 4.39 Å². The topological polar surface area (TPSA) is 38.3 Å². The molecule has 1 rings (SSSR count). The molecule has 0 aliphatic heterocycles. The summed E-state index contributed by atoms with van der Waals surface area (Å²) in [4.78, 5) is 11.5. The van der Waals surface area contributed by atoms with E-state index in [2.05, 4.69) is 21.2 Å². The average Bonchev–Trinajstić information content (AvgIpc) is 2.18. The van der Waals surface area contributed by atoms with Crippen molar-refractivity contribution in [1.29, 1.82) is 0 Å². The molecule has 0 bridgehead atoms. The van der Waals surface area contributed by atoms with Crippen LogP contribution in [-0.2, 0) is 4.74 Å². The van der Waals surface area contributed by atoms with Gasteiger partial charge in [0.25, 0.3) is 5.91 Å². The minimum absolute atomic E-state index is 0.0219. The molecule has 1 aromatic carbocycles. The third kappa shape index (κ3) is 3.28. The summed E-state index contributed by atoms with van der Waals surface area (Å²) in [5.41, 5.74) is 0.0219. The van der Waals surface area contributed by atoms with Crippen LogP contribution in [0, 0.1) is 5.82 Å². The van der Waals surface area contributed by atoms with E-state index < -0.39 is 11.7 Å². The van der Waals surface area contributed by atoms with Crippen molar-refractivity contribution >= 4 is 21.8 Å². The van der Waals surface area contributed by atoms with Gasteiger partial charge in [-0.1, -0.05) is 6.07 Å². The minimum Gasteiger partial charge on any atom is -0.383 e. The van der Waals surface area contributed by atoms with Gasteiger partial charge in [-0.3, -0.25) is 4.79 Å². The van der Waals surface area contributed by atoms with Crippen molar-refractivity contribution in [2.75, 3.05) is 20.3 Å². The lowest BCUT2D eigenvalue weighted by Gasteiger charge is -2.06. The number of halogens is 2. The van der Waals surface area contributed by atoms with Gasteiger partial charge in [-0.25, -0.2) is 4.39 Å². The van der Waals surface area contributed by atoms with E-state index in [1.54, 1.807) is 6.07 Å². The summed E-state index contributed by atoms with van der Waals surface area (Å²) in [6.45, 7) is 0.758. The van der Waals surface area contributed by atoms with Gasteiger partial charge in [-0.2, -0.15) is 0 Å². The Morgan fingerprint density at radius 2 is 2.33 bits per heavy atom. The monoisotopic (exact) mass is 275 g/mol. The Morgan fingerprint density at radius 3 is 2.93 bits per heavy atom. The van der Waals surface area contributed by atoms with Gasteiger partial charge < -0.3 is 10.1 Å². The normalized spacial score (nSPS) is 10.1. The van der Waals surface area contributed by atoms with Crippen molar-refractivity contribution in [2.24, 2.45) is 0 Å². The Hall–Kier alpha value is -0.940. The molecule has 0 radical (unpaired) electrons. The van der Waals surface area contributed by atoms with Crippen molar-refractivity contribution in [3.05, 3.63) is 34.1 Å². The van der Waals surface area contributed by atoms with Gasteiger partial charge >= 0.3 is 0 Å². The highest BCUT2D eigenvalue weighted by molar-refractivity contribution is 9.10. The van der Waals surface area contributed by atoms with Crippen LogP contribution in [0.15, 0.2) is 22.7 Å². The van der Waals surface area contributed by atoms with E-state index in [9.17, 15) is 9.18 Å². The van der Waals surface area contributed by atoms with E-state index in [0.29, 0.717) is 17.6 Å². The second kappa shape index (κ2) is 5.82. The highest BCUT2D eigenvalue weighted by Gasteiger charge is 2.14. The molecule has 82 valence electrons. The lowest BCUT2D eigenvalue weighted by Crippen LogP contribution is -2.28. The number of methoxy groups -OCH3 is 1. The van der Waals surface area contributed by atoms with Crippen molar-refractivity contribution in [1.82, 2.24) is 5.32 Å². The predicted octanol–water partition coefficient (Wildman–Crippen LogP) is 1.96. The fourth-order valence-electron chi connectivity index (χ4n) is 1.07. The third-order valence-corrected chi connectivity index (χ3v) is 2.44. The average molecular weight is 276 g/mol. The van der Waals surface area contributed by atoms with Crippen molar-refractivity contribution < 1.29 is 13.9 Å². The first kappa shape index (κ1) is 12.1. The van der Waals surface area contributed by atoms with Crippen LogP contribution in [-0.4, -0.2) is 26.2 Å². The Morgan fingerprint density at radius 1 is 1.60 bits per heavy atom. The van der Waals surface area contributed by atoms with Crippen LogP contribution in [0.1, 0.15) is 10.4 Å². The molecule has 5 heteroatoms. The van der Waals surface area contributed by atoms with Gasteiger partial charge in [0.2, 0.25) is 0 Å². The SMILES string of the molecule is COCCNC(=O)c1c(F)cccc1Br. The summed E-state index contributed by atoms with van der Waals surface area (Å²) in [5.74, 6) is -0.990. The largest absolute Gasteiger partial charge is 0.383 e. The maximum Gasteiger partial charge on any atom is 0.255 e. The zero-order chi connectivity index (χ0) is 11.3. The summed E-state index contributed by atoms with van der Waals surface area (Å²) in [5, 5.41) is 2.55. The standard InChI is InChI=1S/C10H11BrFNO2/c1-15-6-5-13-10(14)9-7(11)3-2-4-8(9)12/h2-4H,5-6H2,1H3,(H,13,14). The molecule has 0 heterocycles. The molecular formula is C10H11BrFNO2. The summed E-state index contributed by atoms with van der Waals surface area (Å²) in [6, 6.07) is 4.40. The minimum atomic E-state index is -0.542. The summed E-state index contributed by atoms with van der Waals surface area (Å²) in [6.07, 6.45) is 0. The smallest absolute Gasteiger partial charge is 0.255 e. The quantitative estimate of drug-likeness (QED) is 0.854. The van der Waals surface area contributed by atoms with Crippen molar-refractivity contribution in [2.45, 2.75) is 0 Å². The number of carbonyl (C=O) groups is 1. The van der Waals surface area contributed by atoms with Crippen LogP contribution in [0.5, 0.6) is 0 Å². The number of nitrogens with one attached hydrogen (secondary N) is 1. The van der Waals surface area contributed by atoms with Gasteiger partial charge in [0.15, 0.2) is 0 Å². The first-order chi connectivity index (χ1) is 7.16. The maximum absolute atomic E-state index is 13.3. The molecule has 0 spiro atoms. The maximum atomic E-state index is 13.3. The predicted molar refractivity (Wildman–Crippen MR) is 58.3 cm³/mol. The van der Waals surface area contributed by atoms with Gasteiger partial charge in [-0.05, 0) is 28.1 Å². The third-order valence-electron chi connectivity index (χ3n) is 1.78. The number of hydrogen-bond donors (Lipinski definition) is 1. The molecule has 0 fully saturated rings. The van der Waals surface area contributed by atoms with Gasteiger partial charge in [0, 0.05) is 18.1 Å². The van der Waals surface area contributed by atoms with Crippen LogP contribution in [0.3, 0.4) is 0 Å². The Kier molecular flexibility index (Phi) is 4.71. The zero-order valence-electron chi connectivity index (χ0n) is 8.22. The second-order valence-corrected chi connectivity index (χ2v) is 3.70. The molecule has 15 heavy (non-hydrogen) atoms. The van der Waals surface area contributed by atoms with Gasteiger partial charge in [0.05, 0.1) is 12.2 Å². The lowest BCUT2D eigenvalue weighted by atomic mass is 10.2. The molecule has 1 amide bonds. The van der Waals surface area contributed by atoms with E-state index >= 15 is 0 Å². The number of carbonyl (C=O) groups excluding carboxylic acids is 1. The van der Waals surface area contributed by atoms with Crippen LogP contribution >= 0.6 is 15.9 Å². The fourth-order valence-corrected chi connectivity index (χ4v) is 1.59. The molecular weight excluding hydrogens is 265 g/mol. The van der Waals surface area contributed by atoms with E-state index in [1.807, 2.05) is 0 Å². The molecule has 0 aliphatic rings. The first-order valence-electron chi connectivity index (χ1n) is 4.38. The van der Waals surface area contributed by atoms with Crippen LogP contribution < -0.4 is 5.32 Å². The summed E-state index contributed by atoms with van der Waals surface area (Å²) >= 11 is 3.12. The number of ether oxygens (including phenoxy) is 1. The van der Waals surface area contributed by atoms with Crippen LogP contribution in [0.2, 0.25) is 0 Å². The number of rotatable bonds is 4. The Balaban J connectivity index is 2.73.